The van der Waals surface area contributed by atoms with Gasteiger partial charge in [-0.3, -0.25) is 4.79 Å². The number of ether oxygens (including phenoxy) is 1. The number of alkyl halides is 6. The monoisotopic (exact) mass is 277 g/mol. The van der Waals surface area contributed by atoms with Gasteiger partial charge in [0, 0.05) is 5.56 Å². The van der Waals surface area contributed by atoms with Gasteiger partial charge >= 0.3 is 12.5 Å². The molecular formula is C8H5F6NO3. The van der Waals surface area contributed by atoms with Gasteiger partial charge < -0.3 is 14.8 Å². The molecule has 1 rings (SSSR count). The number of halogens is 6. The minimum Gasteiger partial charge on any atom is -0.404 e. The Morgan fingerprint density at radius 3 is 2.17 bits per heavy atom. The zero-order chi connectivity index (χ0) is 14.1. The van der Waals surface area contributed by atoms with Gasteiger partial charge in [0.15, 0.2) is 11.4 Å². The molecule has 0 unspecified atom stereocenters. The third kappa shape index (κ3) is 3.39. The van der Waals surface area contributed by atoms with Crippen LogP contribution in [0.5, 0.6) is 5.75 Å². The number of aliphatic hydroxyl groups is 1. The minimum atomic E-state index is -5.36. The van der Waals surface area contributed by atoms with E-state index in [0.29, 0.717) is 0 Å². The molecule has 18 heavy (non-hydrogen) atoms. The summed E-state index contributed by atoms with van der Waals surface area (Å²) in [6.45, 7) is -1.03. The number of pyridine rings is 1. The Morgan fingerprint density at radius 2 is 1.78 bits per heavy atom. The van der Waals surface area contributed by atoms with E-state index >= 15 is 0 Å². The molecule has 0 spiro atoms. The summed E-state index contributed by atoms with van der Waals surface area (Å²) in [5.74, 6) is -1.63. The summed E-state index contributed by atoms with van der Waals surface area (Å²) in [6.07, 6.45) is -10.6. The van der Waals surface area contributed by atoms with Crippen LogP contribution >= 0.6 is 0 Å². The third-order valence-corrected chi connectivity index (χ3v) is 1.76. The number of aromatic nitrogens is 1. The largest absolute Gasteiger partial charge is 0.573 e. The van der Waals surface area contributed by atoms with Crippen molar-refractivity contribution in [1.29, 1.82) is 0 Å². The number of aliphatic hydroxyl groups excluding tert-OH is 1. The maximum atomic E-state index is 12.4. The second kappa shape index (κ2) is 4.52. The Balaban J connectivity index is 3.40. The van der Waals surface area contributed by atoms with Crippen molar-refractivity contribution in [2.75, 3.05) is 0 Å². The lowest BCUT2D eigenvalue weighted by Crippen LogP contribution is -2.25. The van der Waals surface area contributed by atoms with Gasteiger partial charge in [-0.2, -0.15) is 13.2 Å². The van der Waals surface area contributed by atoms with Gasteiger partial charge in [0.25, 0.3) is 5.56 Å². The van der Waals surface area contributed by atoms with Crippen molar-refractivity contribution in [1.82, 2.24) is 4.98 Å². The molecule has 0 atom stereocenters. The summed E-state index contributed by atoms with van der Waals surface area (Å²) < 4.78 is 75.9. The molecule has 0 aliphatic rings. The van der Waals surface area contributed by atoms with Gasteiger partial charge in [0.05, 0.1) is 6.61 Å². The van der Waals surface area contributed by atoms with Gasteiger partial charge in [-0.15, -0.1) is 13.2 Å². The first-order valence-electron chi connectivity index (χ1n) is 4.24. The molecule has 0 fully saturated rings. The standard InChI is InChI=1S/C8H5F6NO3/c9-7(10,11)5-4(18-8(12,13)14)1-3(2-16)6(17)15-5/h1,16H,2H2,(H,15,17). The van der Waals surface area contributed by atoms with Crippen molar-refractivity contribution in [2.45, 2.75) is 19.1 Å². The van der Waals surface area contributed by atoms with Crippen LogP contribution in [-0.2, 0) is 12.8 Å². The van der Waals surface area contributed by atoms with E-state index in [2.05, 4.69) is 4.74 Å². The maximum Gasteiger partial charge on any atom is 0.573 e. The predicted molar refractivity (Wildman–Crippen MR) is 44.7 cm³/mol. The van der Waals surface area contributed by atoms with E-state index < -0.39 is 41.7 Å². The zero-order valence-corrected chi connectivity index (χ0v) is 8.32. The van der Waals surface area contributed by atoms with Crippen LogP contribution in [0.4, 0.5) is 26.3 Å². The molecule has 1 aromatic heterocycles. The summed E-state index contributed by atoms with van der Waals surface area (Å²) in [6, 6.07) is 0.190. The Labute approximate surface area is 94.8 Å². The molecule has 0 aliphatic heterocycles. The number of rotatable bonds is 2. The highest BCUT2D eigenvalue weighted by atomic mass is 19.4. The average molecular weight is 277 g/mol. The van der Waals surface area contributed by atoms with E-state index in [-0.39, 0.29) is 6.07 Å². The second-order valence-corrected chi connectivity index (χ2v) is 3.07. The molecule has 4 nitrogen and oxygen atoms in total. The highest BCUT2D eigenvalue weighted by Crippen LogP contribution is 2.36. The molecular weight excluding hydrogens is 272 g/mol. The van der Waals surface area contributed by atoms with E-state index in [4.69, 9.17) is 5.11 Å². The first kappa shape index (κ1) is 14.4. The van der Waals surface area contributed by atoms with Crippen LogP contribution in [0.25, 0.3) is 0 Å². The van der Waals surface area contributed by atoms with Gasteiger partial charge in [-0.25, -0.2) is 0 Å². The summed E-state index contributed by atoms with van der Waals surface area (Å²) >= 11 is 0. The number of aromatic amines is 1. The number of hydrogen-bond donors (Lipinski definition) is 2. The Bertz CT molecular complexity index is 489. The van der Waals surface area contributed by atoms with E-state index in [1.165, 1.54) is 4.98 Å². The van der Waals surface area contributed by atoms with Crippen LogP contribution in [0.2, 0.25) is 0 Å². The summed E-state index contributed by atoms with van der Waals surface area (Å²) in [7, 11) is 0. The van der Waals surface area contributed by atoms with Crippen LogP contribution in [-0.4, -0.2) is 16.5 Å². The molecule has 0 bridgehead atoms. The highest BCUT2D eigenvalue weighted by Gasteiger charge is 2.40. The van der Waals surface area contributed by atoms with E-state index in [1.54, 1.807) is 0 Å². The highest BCUT2D eigenvalue weighted by molar-refractivity contribution is 5.33. The fraction of sp³-hybridized carbons (Fsp3) is 0.375. The molecule has 0 radical (unpaired) electrons. The maximum absolute atomic E-state index is 12.4. The minimum absolute atomic E-state index is 0.190. The molecule has 0 aliphatic carbocycles. The molecule has 1 heterocycles. The summed E-state index contributed by atoms with van der Waals surface area (Å²) in [5.41, 5.74) is -4.00. The SMILES string of the molecule is O=c1[nH]c(C(F)(F)F)c(OC(F)(F)F)cc1CO. The second-order valence-electron chi connectivity index (χ2n) is 3.07. The van der Waals surface area contributed by atoms with Gasteiger partial charge in [0.2, 0.25) is 0 Å². The van der Waals surface area contributed by atoms with E-state index in [0.717, 1.165) is 0 Å². The summed E-state index contributed by atoms with van der Waals surface area (Å²) in [4.78, 5) is 12.2. The van der Waals surface area contributed by atoms with Crippen LogP contribution in [0.1, 0.15) is 11.3 Å². The van der Waals surface area contributed by atoms with Crippen molar-refractivity contribution in [2.24, 2.45) is 0 Å². The van der Waals surface area contributed by atoms with Crippen LogP contribution in [0.3, 0.4) is 0 Å². The first-order chi connectivity index (χ1) is 8.04. The third-order valence-electron chi connectivity index (χ3n) is 1.76. The number of nitrogens with one attached hydrogen (secondary N) is 1. The number of hydrogen-bond acceptors (Lipinski definition) is 3. The van der Waals surface area contributed by atoms with Crippen molar-refractivity contribution in [3.8, 4) is 5.75 Å². The Hall–Kier alpha value is -1.71. The lowest BCUT2D eigenvalue weighted by atomic mass is 10.2. The van der Waals surface area contributed by atoms with Crippen molar-refractivity contribution < 1.29 is 36.2 Å². The van der Waals surface area contributed by atoms with Gasteiger partial charge in [-0.1, -0.05) is 0 Å². The summed E-state index contributed by atoms with van der Waals surface area (Å²) in [5, 5.41) is 8.60. The quantitative estimate of drug-likeness (QED) is 0.810. The van der Waals surface area contributed by atoms with Gasteiger partial charge in [0.1, 0.15) is 0 Å². The van der Waals surface area contributed by atoms with Crippen LogP contribution < -0.4 is 10.3 Å². The van der Waals surface area contributed by atoms with Crippen molar-refractivity contribution in [3.63, 3.8) is 0 Å². The lowest BCUT2D eigenvalue weighted by molar-refractivity contribution is -0.276. The molecule has 0 saturated heterocycles. The normalized spacial score (nSPS) is 12.6. The fourth-order valence-electron chi connectivity index (χ4n) is 1.08. The lowest BCUT2D eigenvalue weighted by Gasteiger charge is -2.15. The Kier molecular flexibility index (Phi) is 3.60. The molecule has 2 N–H and O–H groups in total. The number of H-pyrrole nitrogens is 1. The van der Waals surface area contributed by atoms with E-state index in [1.807, 2.05) is 0 Å². The first-order valence-corrected chi connectivity index (χ1v) is 4.24. The molecule has 0 amide bonds. The topological polar surface area (TPSA) is 62.3 Å². The predicted octanol–water partition coefficient (Wildman–Crippen LogP) is 1.78. The molecule has 0 saturated carbocycles. The average Bonchev–Trinajstić information content (AvgIpc) is 2.16. The smallest absolute Gasteiger partial charge is 0.404 e. The van der Waals surface area contributed by atoms with Crippen molar-refractivity contribution in [3.05, 3.63) is 27.7 Å². The van der Waals surface area contributed by atoms with Gasteiger partial charge in [-0.05, 0) is 6.07 Å². The zero-order valence-electron chi connectivity index (χ0n) is 8.32. The molecule has 102 valence electrons. The van der Waals surface area contributed by atoms with Crippen LogP contribution in [0, 0.1) is 0 Å². The van der Waals surface area contributed by atoms with Crippen LogP contribution in [0.15, 0.2) is 10.9 Å². The van der Waals surface area contributed by atoms with E-state index in [9.17, 15) is 31.1 Å². The van der Waals surface area contributed by atoms with Crippen molar-refractivity contribution >= 4 is 0 Å². The fourth-order valence-corrected chi connectivity index (χ4v) is 1.08. The Morgan fingerprint density at radius 1 is 1.22 bits per heavy atom. The molecule has 1 aromatic rings. The molecule has 10 heteroatoms. The molecule has 0 aromatic carbocycles.